The summed E-state index contributed by atoms with van der Waals surface area (Å²) in [7, 11) is 0. The highest BCUT2D eigenvalue weighted by Crippen LogP contribution is 2.26. The van der Waals surface area contributed by atoms with Crippen LogP contribution in [0.5, 0.6) is 5.75 Å². The van der Waals surface area contributed by atoms with Crippen LogP contribution in [0, 0.1) is 6.92 Å². The van der Waals surface area contributed by atoms with Crippen LogP contribution in [-0.2, 0) is 12.8 Å². The molecule has 1 radical (unpaired) electrons. The number of rotatable bonds is 4. The zero-order valence-corrected chi connectivity index (χ0v) is 8.59. The molecule has 2 rings (SSSR count). The van der Waals surface area contributed by atoms with Crippen LogP contribution in [0.3, 0.4) is 0 Å². The van der Waals surface area contributed by atoms with Crippen LogP contribution in [0.1, 0.15) is 30.4 Å². The molecule has 0 spiro atoms. The zero-order valence-electron chi connectivity index (χ0n) is 8.59. The van der Waals surface area contributed by atoms with Crippen LogP contribution in [0.4, 0.5) is 0 Å². The molecular formula is C13H17O. The van der Waals surface area contributed by atoms with Gasteiger partial charge in [-0.15, -0.1) is 0 Å². The molecule has 0 N–H and O–H groups in total. The Hall–Kier alpha value is -0.980. The smallest absolute Gasteiger partial charge is 0.122 e. The second-order valence-electron chi connectivity index (χ2n) is 3.85. The monoisotopic (exact) mass is 189 g/mol. The van der Waals surface area contributed by atoms with Crippen LogP contribution in [-0.4, -0.2) is 6.61 Å². The summed E-state index contributed by atoms with van der Waals surface area (Å²) in [5, 5.41) is 0. The highest BCUT2D eigenvalue weighted by Gasteiger charge is 2.11. The first kappa shape index (κ1) is 9.57. The largest absolute Gasteiger partial charge is 0.493 e. The molecule has 1 aliphatic heterocycles. The normalized spacial score (nSPS) is 13.8. The van der Waals surface area contributed by atoms with E-state index in [0.717, 1.165) is 25.2 Å². The van der Waals surface area contributed by atoms with Crippen LogP contribution >= 0.6 is 0 Å². The predicted molar refractivity (Wildman–Crippen MR) is 58.6 cm³/mol. The average Bonchev–Trinajstić information content (AvgIpc) is 2.65. The molecule has 1 aromatic rings. The van der Waals surface area contributed by atoms with Gasteiger partial charge in [-0.2, -0.15) is 0 Å². The van der Waals surface area contributed by atoms with Gasteiger partial charge in [0.15, 0.2) is 0 Å². The Morgan fingerprint density at radius 1 is 1.29 bits per heavy atom. The Labute approximate surface area is 86.1 Å². The average molecular weight is 189 g/mol. The summed E-state index contributed by atoms with van der Waals surface area (Å²) in [6.45, 7) is 4.71. The molecule has 1 aromatic carbocycles. The first-order chi connectivity index (χ1) is 6.90. The van der Waals surface area contributed by atoms with Crippen molar-refractivity contribution >= 4 is 0 Å². The molecule has 1 heterocycles. The molecule has 0 atom stereocenters. The molecule has 14 heavy (non-hydrogen) atoms. The lowest BCUT2D eigenvalue weighted by Gasteiger charge is -2.03. The Bertz CT molecular complexity index is 304. The molecule has 0 aliphatic carbocycles. The molecule has 75 valence electrons. The van der Waals surface area contributed by atoms with E-state index < -0.39 is 0 Å². The van der Waals surface area contributed by atoms with Gasteiger partial charge in [-0.1, -0.05) is 31.9 Å². The number of hydrogen-bond acceptors (Lipinski definition) is 1. The highest BCUT2D eigenvalue weighted by atomic mass is 16.5. The Morgan fingerprint density at radius 2 is 2.21 bits per heavy atom. The minimum absolute atomic E-state index is 0.859. The van der Waals surface area contributed by atoms with Crippen molar-refractivity contribution in [3.05, 3.63) is 36.2 Å². The number of unbranched alkanes of at least 4 members (excludes halogenated alkanes) is 2. The Kier molecular flexibility index (Phi) is 3.07. The quantitative estimate of drug-likeness (QED) is 0.661. The number of benzene rings is 1. The van der Waals surface area contributed by atoms with Crippen LogP contribution in [0.15, 0.2) is 18.2 Å². The van der Waals surface area contributed by atoms with Crippen LogP contribution in [0.2, 0.25) is 0 Å². The summed E-state index contributed by atoms with van der Waals surface area (Å²) in [6, 6.07) is 6.60. The van der Waals surface area contributed by atoms with Crippen molar-refractivity contribution in [1.82, 2.24) is 0 Å². The van der Waals surface area contributed by atoms with E-state index in [-0.39, 0.29) is 0 Å². The summed E-state index contributed by atoms with van der Waals surface area (Å²) in [6.07, 6.45) is 5.80. The lowest BCUT2D eigenvalue weighted by Crippen LogP contribution is -1.87. The van der Waals surface area contributed by atoms with Crippen molar-refractivity contribution < 1.29 is 4.74 Å². The van der Waals surface area contributed by atoms with E-state index in [1.807, 2.05) is 0 Å². The van der Waals surface area contributed by atoms with E-state index in [1.54, 1.807) is 0 Å². The molecular weight excluding hydrogens is 172 g/mol. The van der Waals surface area contributed by atoms with Crippen LogP contribution < -0.4 is 4.74 Å². The number of hydrogen-bond donors (Lipinski definition) is 0. The molecule has 0 saturated heterocycles. The third kappa shape index (κ3) is 2.09. The molecule has 1 heteroatoms. The fourth-order valence-electron chi connectivity index (χ4n) is 1.90. The first-order valence-corrected chi connectivity index (χ1v) is 5.44. The molecule has 0 aromatic heterocycles. The fraction of sp³-hybridized carbons (Fsp3) is 0.462. The van der Waals surface area contributed by atoms with Gasteiger partial charge >= 0.3 is 0 Å². The van der Waals surface area contributed by atoms with E-state index in [1.165, 1.54) is 30.4 Å². The predicted octanol–water partition coefficient (Wildman–Crippen LogP) is 3.17. The van der Waals surface area contributed by atoms with Crippen molar-refractivity contribution in [3.63, 3.8) is 0 Å². The van der Waals surface area contributed by atoms with E-state index in [2.05, 4.69) is 25.1 Å². The van der Waals surface area contributed by atoms with Gasteiger partial charge in [0.1, 0.15) is 5.75 Å². The Morgan fingerprint density at radius 3 is 3.07 bits per heavy atom. The van der Waals surface area contributed by atoms with E-state index in [4.69, 9.17) is 4.74 Å². The SMILES string of the molecule is [CH2]CCCCc1ccc2c(c1)CCO2. The van der Waals surface area contributed by atoms with Gasteiger partial charge in [-0.05, 0) is 30.0 Å². The topological polar surface area (TPSA) is 9.23 Å². The van der Waals surface area contributed by atoms with Crippen molar-refractivity contribution in [2.75, 3.05) is 6.61 Å². The third-order valence-corrected chi connectivity index (χ3v) is 2.72. The lowest BCUT2D eigenvalue weighted by atomic mass is 10.0. The zero-order chi connectivity index (χ0) is 9.80. The van der Waals surface area contributed by atoms with Crippen molar-refractivity contribution in [3.8, 4) is 5.75 Å². The highest BCUT2D eigenvalue weighted by molar-refractivity contribution is 5.39. The molecule has 0 amide bonds. The molecule has 0 bridgehead atoms. The number of fused-ring (bicyclic) bond motifs is 1. The number of ether oxygens (including phenoxy) is 1. The maximum absolute atomic E-state index is 5.47. The second kappa shape index (κ2) is 4.50. The van der Waals surface area contributed by atoms with E-state index in [0.29, 0.717) is 0 Å². The summed E-state index contributed by atoms with van der Waals surface area (Å²) < 4.78 is 5.47. The van der Waals surface area contributed by atoms with Gasteiger partial charge < -0.3 is 4.74 Å². The summed E-state index contributed by atoms with van der Waals surface area (Å²) >= 11 is 0. The molecule has 1 nitrogen and oxygen atoms in total. The standard InChI is InChI=1S/C13H17O/c1-2-3-4-5-11-6-7-13-12(10-11)8-9-14-13/h6-7,10H,1-5,8-9H2. The fourth-order valence-corrected chi connectivity index (χ4v) is 1.90. The maximum atomic E-state index is 5.47. The first-order valence-electron chi connectivity index (χ1n) is 5.44. The van der Waals surface area contributed by atoms with Gasteiger partial charge in [0.25, 0.3) is 0 Å². The lowest BCUT2D eigenvalue weighted by molar-refractivity contribution is 0.357. The van der Waals surface area contributed by atoms with Crippen molar-refractivity contribution in [2.24, 2.45) is 0 Å². The second-order valence-corrected chi connectivity index (χ2v) is 3.85. The molecule has 0 saturated carbocycles. The maximum Gasteiger partial charge on any atom is 0.122 e. The van der Waals surface area contributed by atoms with E-state index in [9.17, 15) is 0 Å². The van der Waals surface area contributed by atoms with Gasteiger partial charge in [0.05, 0.1) is 6.61 Å². The number of aryl methyl sites for hydroxylation is 1. The third-order valence-electron chi connectivity index (χ3n) is 2.72. The van der Waals surface area contributed by atoms with E-state index >= 15 is 0 Å². The summed E-state index contributed by atoms with van der Waals surface area (Å²) in [5.74, 6) is 1.09. The Balaban J connectivity index is 1.98. The summed E-state index contributed by atoms with van der Waals surface area (Å²) in [4.78, 5) is 0. The minimum atomic E-state index is 0.859. The molecule has 1 aliphatic rings. The summed E-state index contributed by atoms with van der Waals surface area (Å²) in [5.41, 5.74) is 2.83. The molecule has 0 unspecified atom stereocenters. The molecule has 0 fully saturated rings. The van der Waals surface area contributed by atoms with Crippen molar-refractivity contribution in [2.45, 2.75) is 32.1 Å². The van der Waals surface area contributed by atoms with Gasteiger partial charge in [-0.25, -0.2) is 0 Å². The van der Waals surface area contributed by atoms with Gasteiger partial charge in [0.2, 0.25) is 0 Å². The minimum Gasteiger partial charge on any atom is -0.493 e. The van der Waals surface area contributed by atoms with Crippen LogP contribution in [0.25, 0.3) is 0 Å². The van der Waals surface area contributed by atoms with Crippen molar-refractivity contribution in [1.29, 1.82) is 0 Å². The van der Waals surface area contributed by atoms with Gasteiger partial charge in [0, 0.05) is 6.42 Å². The van der Waals surface area contributed by atoms with Gasteiger partial charge in [-0.3, -0.25) is 0 Å².